The Labute approximate surface area is 123 Å². The Kier molecular flexibility index (Phi) is 6.38. The first kappa shape index (κ1) is 16.9. The number of rotatable bonds is 2. The fourth-order valence-corrected chi connectivity index (χ4v) is 2.62. The van der Waals surface area contributed by atoms with Gasteiger partial charge in [0.1, 0.15) is 12.6 Å². The molecule has 2 unspecified atom stereocenters. The van der Waals surface area contributed by atoms with Crippen molar-refractivity contribution in [2.24, 2.45) is 17.3 Å². The van der Waals surface area contributed by atoms with Crippen LogP contribution in [-0.4, -0.2) is 12.6 Å². The Morgan fingerprint density at radius 2 is 1.80 bits per heavy atom. The maximum atomic E-state index is 10.4. The summed E-state index contributed by atoms with van der Waals surface area (Å²) in [4.78, 5) is 20.7. The van der Waals surface area contributed by atoms with Gasteiger partial charge in [-0.2, -0.15) is 0 Å². The van der Waals surface area contributed by atoms with E-state index in [1.807, 2.05) is 6.08 Å². The summed E-state index contributed by atoms with van der Waals surface area (Å²) in [6.45, 7) is 8.69. The normalized spacial score (nSPS) is 28.4. The van der Waals surface area contributed by atoms with Crippen LogP contribution in [0.5, 0.6) is 0 Å². The van der Waals surface area contributed by atoms with Gasteiger partial charge in [-0.25, -0.2) is 0 Å². The molecule has 0 aromatic carbocycles. The highest BCUT2D eigenvalue weighted by Crippen LogP contribution is 2.31. The Bertz CT molecular complexity index is 402. The van der Waals surface area contributed by atoms with Gasteiger partial charge in [0.2, 0.25) is 0 Å². The molecule has 2 rings (SSSR count). The van der Waals surface area contributed by atoms with Crippen LogP contribution in [0, 0.1) is 17.3 Å². The molecule has 2 aliphatic carbocycles. The lowest BCUT2D eigenvalue weighted by atomic mass is 9.79. The van der Waals surface area contributed by atoms with Crippen LogP contribution < -0.4 is 0 Å². The van der Waals surface area contributed by atoms with Crippen LogP contribution in [0.15, 0.2) is 23.3 Å². The van der Waals surface area contributed by atoms with Gasteiger partial charge >= 0.3 is 0 Å². The van der Waals surface area contributed by atoms with Crippen LogP contribution in [0.3, 0.4) is 0 Å². The Hall–Kier alpha value is -1.18. The van der Waals surface area contributed by atoms with E-state index in [0.717, 1.165) is 44.7 Å². The zero-order valence-electron chi connectivity index (χ0n) is 13.3. The van der Waals surface area contributed by atoms with E-state index in [9.17, 15) is 9.59 Å². The Morgan fingerprint density at radius 3 is 2.25 bits per heavy atom. The van der Waals surface area contributed by atoms with E-state index in [0.29, 0.717) is 11.3 Å². The third kappa shape index (κ3) is 5.44. The summed E-state index contributed by atoms with van der Waals surface area (Å²) < 4.78 is 0. The highest BCUT2D eigenvalue weighted by atomic mass is 16.1. The number of hydrogen-bond acceptors (Lipinski definition) is 2. The number of carbonyl (C=O) groups excluding carboxylic acids is 2. The number of aldehydes is 2. The summed E-state index contributed by atoms with van der Waals surface area (Å²) in [5.41, 5.74) is 3.22. The van der Waals surface area contributed by atoms with Gasteiger partial charge < -0.3 is 9.59 Å². The summed E-state index contributed by atoms with van der Waals surface area (Å²) in [6, 6.07) is 0. The predicted molar refractivity (Wildman–Crippen MR) is 83.5 cm³/mol. The van der Waals surface area contributed by atoms with E-state index in [4.69, 9.17) is 0 Å². The molecule has 0 radical (unpaired) electrons. The van der Waals surface area contributed by atoms with Gasteiger partial charge in [-0.15, -0.1) is 0 Å². The molecule has 0 saturated heterocycles. The second kappa shape index (κ2) is 7.56. The average molecular weight is 276 g/mol. The number of carbonyl (C=O) groups is 2. The smallest absolute Gasteiger partial charge is 0.126 e. The molecule has 2 nitrogen and oxygen atoms in total. The van der Waals surface area contributed by atoms with Crippen molar-refractivity contribution in [1.82, 2.24) is 0 Å². The molecule has 0 heterocycles. The van der Waals surface area contributed by atoms with E-state index in [1.54, 1.807) is 0 Å². The Balaban J connectivity index is 0.000000200. The molecular weight excluding hydrogens is 248 g/mol. The summed E-state index contributed by atoms with van der Waals surface area (Å²) in [7, 11) is 0. The second-order valence-corrected chi connectivity index (χ2v) is 6.89. The molecule has 20 heavy (non-hydrogen) atoms. The van der Waals surface area contributed by atoms with Crippen molar-refractivity contribution in [1.29, 1.82) is 0 Å². The van der Waals surface area contributed by atoms with E-state index >= 15 is 0 Å². The highest BCUT2D eigenvalue weighted by Gasteiger charge is 2.20. The molecule has 2 atom stereocenters. The van der Waals surface area contributed by atoms with E-state index < -0.39 is 0 Å². The van der Waals surface area contributed by atoms with Crippen LogP contribution in [0.2, 0.25) is 0 Å². The molecule has 2 aliphatic rings. The fraction of sp³-hybridized carbons (Fsp3) is 0.667. The lowest BCUT2D eigenvalue weighted by Crippen LogP contribution is -2.15. The van der Waals surface area contributed by atoms with Gasteiger partial charge in [-0.3, -0.25) is 0 Å². The lowest BCUT2D eigenvalue weighted by Gasteiger charge is -2.25. The van der Waals surface area contributed by atoms with Gasteiger partial charge in [-0.1, -0.05) is 37.1 Å². The molecule has 0 aliphatic heterocycles. The van der Waals surface area contributed by atoms with Gasteiger partial charge in [0.05, 0.1) is 0 Å². The summed E-state index contributed by atoms with van der Waals surface area (Å²) >= 11 is 0. The van der Waals surface area contributed by atoms with Crippen LogP contribution in [0.1, 0.15) is 59.8 Å². The SMILES string of the molecule is CC1(C)C=CC(C=O)CC1.CC1=C(C)CC(C=O)CC1. The average Bonchev–Trinajstić information content (AvgIpc) is 2.43. The van der Waals surface area contributed by atoms with E-state index in [2.05, 4.69) is 33.8 Å². The molecule has 0 fully saturated rings. The van der Waals surface area contributed by atoms with Crippen molar-refractivity contribution in [3.05, 3.63) is 23.3 Å². The minimum absolute atomic E-state index is 0.188. The monoisotopic (exact) mass is 276 g/mol. The molecule has 2 heteroatoms. The highest BCUT2D eigenvalue weighted by molar-refractivity contribution is 5.57. The first-order valence-electron chi connectivity index (χ1n) is 7.63. The summed E-state index contributed by atoms with van der Waals surface area (Å²) in [5, 5.41) is 0. The van der Waals surface area contributed by atoms with Crippen LogP contribution in [0.4, 0.5) is 0 Å². The third-order valence-electron chi connectivity index (χ3n) is 4.47. The second-order valence-electron chi connectivity index (χ2n) is 6.89. The number of hydrogen-bond donors (Lipinski definition) is 0. The first-order chi connectivity index (χ1) is 9.38. The maximum Gasteiger partial charge on any atom is 0.126 e. The molecule has 0 N–H and O–H groups in total. The fourth-order valence-electron chi connectivity index (χ4n) is 2.62. The molecule has 0 spiro atoms. The molecule has 0 amide bonds. The van der Waals surface area contributed by atoms with Gasteiger partial charge in [-0.05, 0) is 51.4 Å². The zero-order chi connectivity index (χ0) is 15.2. The summed E-state index contributed by atoms with van der Waals surface area (Å²) in [6.07, 6.45) is 11.6. The van der Waals surface area contributed by atoms with E-state index in [-0.39, 0.29) is 5.92 Å². The maximum absolute atomic E-state index is 10.4. The van der Waals surface area contributed by atoms with Crippen LogP contribution in [0.25, 0.3) is 0 Å². The van der Waals surface area contributed by atoms with Gasteiger partial charge in [0.15, 0.2) is 0 Å². The van der Waals surface area contributed by atoms with E-state index in [1.165, 1.54) is 11.1 Å². The van der Waals surface area contributed by atoms with Gasteiger partial charge in [0.25, 0.3) is 0 Å². The predicted octanol–water partition coefficient (Wildman–Crippen LogP) is 4.50. The van der Waals surface area contributed by atoms with Crippen LogP contribution in [-0.2, 0) is 9.59 Å². The van der Waals surface area contributed by atoms with Gasteiger partial charge in [0, 0.05) is 11.8 Å². The van der Waals surface area contributed by atoms with Crippen molar-refractivity contribution in [2.45, 2.75) is 59.8 Å². The van der Waals surface area contributed by atoms with Crippen molar-refractivity contribution < 1.29 is 9.59 Å². The van der Waals surface area contributed by atoms with Crippen molar-refractivity contribution in [3.8, 4) is 0 Å². The van der Waals surface area contributed by atoms with Crippen molar-refractivity contribution in [3.63, 3.8) is 0 Å². The topological polar surface area (TPSA) is 34.1 Å². The van der Waals surface area contributed by atoms with Crippen molar-refractivity contribution in [2.75, 3.05) is 0 Å². The largest absolute Gasteiger partial charge is 0.303 e. The summed E-state index contributed by atoms with van der Waals surface area (Å²) in [5.74, 6) is 0.497. The number of allylic oxidation sites excluding steroid dienone is 4. The Morgan fingerprint density at radius 1 is 1.10 bits per heavy atom. The molecule has 112 valence electrons. The molecule has 0 aromatic heterocycles. The third-order valence-corrected chi connectivity index (χ3v) is 4.47. The molecule has 0 saturated carbocycles. The zero-order valence-corrected chi connectivity index (χ0v) is 13.3. The molecular formula is C18H28O2. The molecule has 0 bridgehead atoms. The minimum Gasteiger partial charge on any atom is -0.303 e. The minimum atomic E-state index is 0.188. The first-order valence-corrected chi connectivity index (χ1v) is 7.63. The standard InChI is InChI=1S/2C9H14O/c1-9(2)5-3-8(7-10)4-6-9;1-7-3-4-9(6-10)5-8(7)2/h3,5,7-8H,4,6H2,1-2H3;6,9H,3-5H2,1-2H3. The van der Waals surface area contributed by atoms with Crippen molar-refractivity contribution >= 4 is 12.6 Å². The van der Waals surface area contributed by atoms with Crippen LogP contribution >= 0.6 is 0 Å². The quantitative estimate of drug-likeness (QED) is 0.549. The molecule has 0 aromatic rings. The lowest BCUT2D eigenvalue weighted by molar-refractivity contribution is -0.111.